The van der Waals surface area contributed by atoms with Crippen LogP contribution in [0, 0.1) is 0 Å². The highest BCUT2D eigenvalue weighted by Gasteiger charge is 2.37. The van der Waals surface area contributed by atoms with Crippen molar-refractivity contribution in [1.29, 1.82) is 0 Å². The fourth-order valence-electron chi connectivity index (χ4n) is 1.32. The molecule has 2 aromatic rings. The first-order chi connectivity index (χ1) is 8.30. The van der Waals surface area contributed by atoms with Crippen LogP contribution in [0.1, 0.15) is 5.56 Å². The topological polar surface area (TPSA) is 64.9 Å². The van der Waals surface area contributed by atoms with Gasteiger partial charge in [-0.25, -0.2) is 0 Å². The number of nitrogens with two attached hydrogens (primary N) is 1. The molecule has 96 valence electrons. The second kappa shape index (κ2) is 4.33. The van der Waals surface area contributed by atoms with E-state index in [1.165, 1.54) is 6.07 Å². The maximum Gasteiger partial charge on any atom is 0.419 e. The third kappa shape index (κ3) is 2.23. The van der Waals surface area contributed by atoms with Gasteiger partial charge in [0.25, 0.3) is 5.89 Å². The molecule has 2 N–H and O–H groups in total. The first-order valence-electron chi connectivity index (χ1n) is 4.45. The molecule has 0 aliphatic carbocycles. The SMILES string of the molecule is Nc1nnc(-c2ccc(Cl)c(C(F)(F)F)c2Cl)o1. The van der Waals surface area contributed by atoms with E-state index in [0.717, 1.165) is 6.07 Å². The lowest BCUT2D eigenvalue weighted by Gasteiger charge is -2.12. The van der Waals surface area contributed by atoms with Gasteiger partial charge in [0, 0.05) is 0 Å². The van der Waals surface area contributed by atoms with Gasteiger partial charge in [-0.2, -0.15) is 13.2 Å². The van der Waals surface area contributed by atoms with Gasteiger partial charge >= 0.3 is 12.2 Å². The molecule has 0 unspecified atom stereocenters. The Bertz CT molecular complexity index is 597. The Morgan fingerprint density at radius 3 is 2.33 bits per heavy atom. The Labute approximate surface area is 108 Å². The number of nitrogens with zero attached hydrogens (tertiary/aromatic N) is 2. The Morgan fingerprint density at radius 1 is 1.17 bits per heavy atom. The van der Waals surface area contributed by atoms with Crippen molar-refractivity contribution in [3.63, 3.8) is 0 Å². The summed E-state index contributed by atoms with van der Waals surface area (Å²) in [6.45, 7) is 0. The molecule has 0 aliphatic rings. The molecule has 9 heteroatoms. The van der Waals surface area contributed by atoms with Gasteiger partial charge in [-0.05, 0) is 12.1 Å². The summed E-state index contributed by atoms with van der Waals surface area (Å²) < 4.78 is 43.1. The average Bonchev–Trinajstić information content (AvgIpc) is 2.62. The Hall–Kier alpha value is -1.47. The van der Waals surface area contributed by atoms with E-state index in [0.29, 0.717) is 0 Å². The third-order valence-corrected chi connectivity index (χ3v) is 2.75. The largest absolute Gasteiger partial charge is 0.419 e. The van der Waals surface area contributed by atoms with Crippen LogP contribution in [-0.2, 0) is 6.18 Å². The van der Waals surface area contributed by atoms with Gasteiger partial charge in [-0.3, -0.25) is 0 Å². The minimum Gasteiger partial charge on any atom is -0.404 e. The van der Waals surface area contributed by atoms with Crippen molar-refractivity contribution in [2.75, 3.05) is 5.73 Å². The number of rotatable bonds is 1. The maximum absolute atomic E-state index is 12.8. The number of hydrogen-bond acceptors (Lipinski definition) is 4. The molecule has 2 rings (SSSR count). The maximum atomic E-state index is 12.8. The second-order valence-electron chi connectivity index (χ2n) is 3.23. The summed E-state index contributed by atoms with van der Waals surface area (Å²) in [4.78, 5) is 0. The number of benzene rings is 1. The fraction of sp³-hybridized carbons (Fsp3) is 0.111. The number of anilines is 1. The van der Waals surface area contributed by atoms with E-state index in [1.807, 2.05) is 0 Å². The Balaban J connectivity index is 2.65. The van der Waals surface area contributed by atoms with Crippen molar-refractivity contribution in [3.8, 4) is 11.5 Å². The van der Waals surface area contributed by atoms with E-state index in [9.17, 15) is 13.2 Å². The molecule has 0 fully saturated rings. The highest BCUT2D eigenvalue weighted by atomic mass is 35.5. The second-order valence-corrected chi connectivity index (χ2v) is 4.01. The van der Waals surface area contributed by atoms with Crippen LogP contribution >= 0.6 is 23.2 Å². The van der Waals surface area contributed by atoms with Gasteiger partial charge < -0.3 is 10.2 Å². The zero-order valence-electron chi connectivity index (χ0n) is 8.42. The Morgan fingerprint density at radius 2 is 1.83 bits per heavy atom. The molecule has 0 amide bonds. The van der Waals surface area contributed by atoms with Gasteiger partial charge in [0.2, 0.25) is 0 Å². The molecule has 0 saturated carbocycles. The minimum atomic E-state index is -4.68. The molecule has 0 atom stereocenters. The van der Waals surface area contributed by atoms with Gasteiger partial charge in [-0.1, -0.05) is 28.3 Å². The first kappa shape index (κ1) is 13.0. The summed E-state index contributed by atoms with van der Waals surface area (Å²) in [5.41, 5.74) is 3.95. The van der Waals surface area contributed by atoms with Crippen LogP contribution in [0.5, 0.6) is 0 Å². The highest BCUT2D eigenvalue weighted by molar-refractivity contribution is 6.37. The highest BCUT2D eigenvalue weighted by Crippen LogP contribution is 2.43. The van der Waals surface area contributed by atoms with Crippen molar-refractivity contribution in [3.05, 3.63) is 27.7 Å². The monoisotopic (exact) mass is 297 g/mol. The predicted octanol–water partition coefficient (Wildman–Crippen LogP) is 3.64. The molecule has 0 aliphatic heterocycles. The summed E-state index contributed by atoms with van der Waals surface area (Å²) in [5, 5.41) is 5.68. The van der Waals surface area contributed by atoms with E-state index >= 15 is 0 Å². The molecule has 1 aromatic heterocycles. The normalized spacial score (nSPS) is 11.8. The van der Waals surface area contributed by atoms with Gasteiger partial charge in [-0.15, -0.1) is 5.10 Å². The van der Waals surface area contributed by atoms with E-state index in [2.05, 4.69) is 10.2 Å². The lowest BCUT2D eigenvalue weighted by molar-refractivity contribution is -0.137. The smallest absolute Gasteiger partial charge is 0.404 e. The molecule has 1 aromatic carbocycles. The molecule has 0 saturated heterocycles. The van der Waals surface area contributed by atoms with Crippen LogP contribution in [0.4, 0.5) is 19.2 Å². The first-order valence-corrected chi connectivity index (χ1v) is 5.21. The van der Waals surface area contributed by atoms with Gasteiger partial charge in [0.15, 0.2) is 0 Å². The van der Waals surface area contributed by atoms with Crippen molar-refractivity contribution in [2.45, 2.75) is 6.18 Å². The minimum absolute atomic E-state index is 0.0856. The van der Waals surface area contributed by atoms with Crippen LogP contribution in [0.15, 0.2) is 16.5 Å². The number of halogens is 5. The zero-order chi connectivity index (χ0) is 13.5. The number of alkyl halides is 3. The predicted molar refractivity (Wildman–Crippen MR) is 59.2 cm³/mol. The fourth-order valence-corrected chi connectivity index (χ4v) is 1.99. The van der Waals surface area contributed by atoms with Gasteiger partial charge in [0.1, 0.15) is 0 Å². The molecule has 0 radical (unpaired) electrons. The van der Waals surface area contributed by atoms with Crippen molar-refractivity contribution in [2.24, 2.45) is 0 Å². The van der Waals surface area contributed by atoms with Crippen molar-refractivity contribution >= 4 is 29.2 Å². The van der Waals surface area contributed by atoms with Crippen LogP contribution in [0.3, 0.4) is 0 Å². The summed E-state index contributed by atoms with van der Waals surface area (Å²) in [5.74, 6) is -0.209. The van der Waals surface area contributed by atoms with E-state index in [-0.39, 0.29) is 17.5 Å². The van der Waals surface area contributed by atoms with Crippen molar-refractivity contribution < 1.29 is 17.6 Å². The third-order valence-electron chi connectivity index (χ3n) is 2.05. The van der Waals surface area contributed by atoms with E-state index < -0.39 is 21.8 Å². The molecular formula is C9H4Cl2F3N3O. The van der Waals surface area contributed by atoms with Crippen LogP contribution in [0.25, 0.3) is 11.5 Å². The molecular weight excluding hydrogens is 294 g/mol. The summed E-state index contributed by atoms with van der Waals surface area (Å²) >= 11 is 11.2. The number of aromatic nitrogens is 2. The van der Waals surface area contributed by atoms with Crippen LogP contribution in [0.2, 0.25) is 10.0 Å². The summed E-state index contributed by atoms with van der Waals surface area (Å²) in [7, 11) is 0. The van der Waals surface area contributed by atoms with Crippen LogP contribution in [-0.4, -0.2) is 10.2 Å². The average molecular weight is 298 g/mol. The standard InChI is InChI=1S/C9H4Cl2F3N3O/c10-4-2-1-3(7-16-17-8(15)18-7)6(11)5(4)9(12,13)14/h1-2H,(H2,15,17). The molecule has 0 bridgehead atoms. The van der Waals surface area contributed by atoms with E-state index in [4.69, 9.17) is 33.4 Å². The number of nitrogen functional groups attached to an aromatic ring is 1. The van der Waals surface area contributed by atoms with E-state index in [1.54, 1.807) is 0 Å². The zero-order valence-corrected chi connectivity index (χ0v) is 9.94. The van der Waals surface area contributed by atoms with Gasteiger partial charge in [0.05, 0.1) is 21.2 Å². The molecule has 1 heterocycles. The quantitative estimate of drug-likeness (QED) is 0.872. The van der Waals surface area contributed by atoms with Crippen LogP contribution < -0.4 is 5.73 Å². The molecule has 18 heavy (non-hydrogen) atoms. The number of hydrogen-bond donors (Lipinski definition) is 1. The Kier molecular flexibility index (Phi) is 3.12. The molecule has 0 spiro atoms. The lowest BCUT2D eigenvalue weighted by Crippen LogP contribution is -2.07. The molecule has 4 nitrogen and oxygen atoms in total. The van der Waals surface area contributed by atoms with Crippen molar-refractivity contribution in [1.82, 2.24) is 10.2 Å². The summed E-state index contributed by atoms with van der Waals surface area (Å²) in [6.07, 6.45) is -4.68. The lowest BCUT2D eigenvalue weighted by atomic mass is 10.1. The summed E-state index contributed by atoms with van der Waals surface area (Å²) in [6, 6.07) is 2.02.